The smallest absolute Gasteiger partial charge is 0.0639 e. The van der Waals surface area contributed by atoms with E-state index in [1.807, 2.05) is 6.92 Å². The third-order valence-electron chi connectivity index (χ3n) is 3.15. The molecule has 1 rings (SSSR count). The van der Waals surface area contributed by atoms with Crippen molar-refractivity contribution < 1.29 is 9.84 Å². The maximum atomic E-state index is 9.30. The zero-order valence-electron chi connectivity index (χ0n) is 10.6. The van der Waals surface area contributed by atoms with E-state index in [1.54, 1.807) is 7.11 Å². The van der Waals surface area contributed by atoms with Crippen molar-refractivity contribution in [3.05, 3.63) is 0 Å². The van der Waals surface area contributed by atoms with Crippen LogP contribution in [0, 0.1) is 5.92 Å². The number of methoxy groups -OCH3 is 1. The third-order valence-corrected chi connectivity index (χ3v) is 3.15. The number of rotatable bonds is 7. The second-order valence-corrected chi connectivity index (χ2v) is 4.79. The molecule has 4 nitrogen and oxygen atoms in total. The molecule has 1 heterocycles. The normalized spacial score (nSPS) is 21.2. The van der Waals surface area contributed by atoms with Crippen LogP contribution < -0.4 is 5.32 Å². The fraction of sp³-hybridized carbons (Fsp3) is 1.00. The Morgan fingerprint density at radius 3 is 2.69 bits per heavy atom. The SMILES string of the molecule is COCCNCC1CCN(C[C@@H](C)O)CC1. The highest BCUT2D eigenvalue weighted by Crippen LogP contribution is 2.16. The molecule has 4 heteroatoms. The van der Waals surface area contributed by atoms with Gasteiger partial charge in [-0.25, -0.2) is 0 Å². The molecule has 2 N–H and O–H groups in total. The van der Waals surface area contributed by atoms with Crippen LogP contribution in [0.15, 0.2) is 0 Å². The van der Waals surface area contributed by atoms with Crippen LogP contribution in [-0.2, 0) is 4.74 Å². The molecule has 1 fully saturated rings. The predicted octanol–water partition coefficient (Wildman–Crippen LogP) is 0.315. The summed E-state index contributed by atoms with van der Waals surface area (Å²) in [5.74, 6) is 0.794. The van der Waals surface area contributed by atoms with Crippen molar-refractivity contribution in [2.75, 3.05) is 46.4 Å². The van der Waals surface area contributed by atoms with Gasteiger partial charge in [0, 0.05) is 20.2 Å². The van der Waals surface area contributed by atoms with Crippen molar-refractivity contribution in [2.45, 2.75) is 25.9 Å². The number of ether oxygens (including phenoxy) is 1. The lowest BCUT2D eigenvalue weighted by Crippen LogP contribution is -2.40. The predicted molar refractivity (Wildman–Crippen MR) is 65.6 cm³/mol. The van der Waals surface area contributed by atoms with Crippen molar-refractivity contribution in [1.82, 2.24) is 10.2 Å². The number of nitrogens with one attached hydrogen (secondary N) is 1. The average Bonchev–Trinajstić information content (AvgIpc) is 2.26. The molecule has 16 heavy (non-hydrogen) atoms. The standard InChI is InChI=1S/C12H26N2O2/c1-11(15)10-14-6-3-12(4-7-14)9-13-5-8-16-2/h11-13,15H,3-10H2,1-2H3/t11-/m1/s1. The Bertz CT molecular complexity index is 168. The molecule has 1 aliphatic heterocycles. The number of β-amino-alcohol motifs (C(OH)–C–C–N with tert-alkyl or cyclic N) is 1. The average molecular weight is 230 g/mol. The van der Waals surface area contributed by atoms with Crippen LogP contribution in [0.5, 0.6) is 0 Å². The van der Waals surface area contributed by atoms with E-state index in [2.05, 4.69) is 10.2 Å². The van der Waals surface area contributed by atoms with Gasteiger partial charge in [-0.2, -0.15) is 0 Å². The van der Waals surface area contributed by atoms with Gasteiger partial charge in [0.25, 0.3) is 0 Å². The number of hydrogen-bond donors (Lipinski definition) is 2. The maximum Gasteiger partial charge on any atom is 0.0639 e. The van der Waals surface area contributed by atoms with Crippen LogP contribution in [0.4, 0.5) is 0 Å². The summed E-state index contributed by atoms with van der Waals surface area (Å²) >= 11 is 0. The molecule has 1 atom stereocenters. The molecule has 1 saturated heterocycles. The summed E-state index contributed by atoms with van der Waals surface area (Å²) in [5, 5.41) is 12.7. The van der Waals surface area contributed by atoms with E-state index < -0.39 is 0 Å². The fourth-order valence-corrected chi connectivity index (χ4v) is 2.23. The number of hydrogen-bond acceptors (Lipinski definition) is 4. The number of aliphatic hydroxyl groups excluding tert-OH is 1. The van der Waals surface area contributed by atoms with Gasteiger partial charge in [0.15, 0.2) is 0 Å². The minimum atomic E-state index is -0.198. The van der Waals surface area contributed by atoms with Gasteiger partial charge in [-0.3, -0.25) is 0 Å². The van der Waals surface area contributed by atoms with E-state index in [1.165, 1.54) is 12.8 Å². The first-order valence-corrected chi connectivity index (χ1v) is 6.32. The lowest BCUT2D eigenvalue weighted by molar-refractivity contribution is 0.0993. The molecule has 0 spiro atoms. The van der Waals surface area contributed by atoms with Crippen molar-refractivity contribution >= 4 is 0 Å². The van der Waals surface area contributed by atoms with Gasteiger partial charge in [-0.1, -0.05) is 0 Å². The first kappa shape index (κ1) is 13.9. The molecule has 0 unspecified atom stereocenters. The number of aliphatic hydroxyl groups is 1. The fourth-order valence-electron chi connectivity index (χ4n) is 2.23. The van der Waals surface area contributed by atoms with E-state index >= 15 is 0 Å². The van der Waals surface area contributed by atoms with Gasteiger partial charge in [-0.15, -0.1) is 0 Å². The van der Waals surface area contributed by atoms with Crippen molar-refractivity contribution in [1.29, 1.82) is 0 Å². The van der Waals surface area contributed by atoms with Crippen LogP contribution in [0.3, 0.4) is 0 Å². The van der Waals surface area contributed by atoms with E-state index in [0.29, 0.717) is 0 Å². The van der Waals surface area contributed by atoms with Crippen molar-refractivity contribution in [3.63, 3.8) is 0 Å². The van der Waals surface area contributed by atoms with E-state index in [9.17, 15) is 5.11 Å². The van der Waals surface area contributed by atoms with Gasteiger partial charge in [0.2, 0.25) is 0 Å². The number of piperidine rings is 1. The summed E-state index contributed by atoms with van der Waals surface area (Å²) in [4.78, 5) is 2.36. The topological polar surface area (TPSA) is 44.7 Å². The lowest BCUT2D eigenvalue weighted by Gasteiger charge is -2.32. The molecule has 0 radical (unpaired) electrons. The monoisotopic (exact) mass is 230 g/mol. The van der Waals surface area contributed by atoms with E-state index in [-0.39, 0.29) is 6.10 Å². The Morgan fingerprint density at radius 2 is 2.12 bits per heavy atom. The molecule has 0 aromatic rings. The van der Waals surface area contributed by atoms with Gasteiger partial charge in [-0.05, 0) is 45.3 Å². The van der Waals surface area contributed by atoms with Crippen LogP contribution in [0.25, 0.3) is 0 Å². The molecule has 0 aliphatic carbocycles. The Morgan fingerprint density at radius 1 is 1.44 bits per heavy atom. The Hall–Kier alpha value is -0.160. The zero-order chi connectivity index (χ0) is 11.8. The molecule has 0 aromatic heterocycles. The summed E-state index contributed by atoms with van der Waals surface area (Å²) in [6.07, 6.45) is 2.29. The molecular weight excluding hydrogens is 204 g/mol. The molecule has 0 amide bonds. The van der Waals surface area contributed by atoms with Crippen molar-refractivity contribution in [3.8, 4) is 0 Å². The van der Waals surface area contributed by atoms with Gasteiger partial charge < -0.3 is 20.1 Å². The molecular formula is C12H26N2O2. The Balaban J connectivity index is 2.03. The van der Waals surface area contributed by atoms with Gasteiger partial charge in [0.05, 0.1) is 12.7 Å². The molecule has 1 aliphatic rings. The quantitative estimate of drug-likeness (QED) is 0.618. The summed E-state index contributed by atoms with van der Waals surface area (Å²) in [6.45, 7) is 7.78. The van der Waals surface area contributed by atoms with Crippen LogP contribution >= 0.6 is 0 Å². The highest BCUT2D eigenvalue weighted by atomic mass is 16.5. The highest BCUT2D eigenvalue weighted by molar-refractivity contribution is 4.74. The van der Waals surface area contributed by atoms with Gasteiger partial charge in [0.1, 0.15) is 0 Å². The number of nitrogens with zero attached hydrogens (tertiary/aromatic N) is 1. The summed E-state index contributed by atoms with van der Waals surface area (Å²) in [5.41, 5.74) is 0. The minimum absolute atomic E-state index is 0.198. The van der Waals surface area contributed by atoms with Gasteiger partial charge >= 0.3 is 0 Å². The minimum Gasteiger partial charge on any atom is -0.392 e. The lowest BCUT2D eigenvalue weighted by atomic mass is 9.96. The maximum absolute atomic E-state index is 9.30. The first-order chi connectivity index (χ1) is 7.72. The molecule has 0 aromatic carbocycles. The highest BCUT2D eigenvalue weighted by Gasteiger charge is 2.19. The van der Waals surface area contributed by atoms with E-state index in [0.717, 1.165) is 45.2 Å². The van der Waals surface area contributed by atoms with Crippen LogP contribution in [0.1, 0.15) is 19.8 Å². The largest absolute Gasteiger partial charge is 0.392 e. The summed E-state index contributed by atoms with van der Waals surface area (Å²) in [6, 6.07) is 0. The summed E-state index contributed by atoms with van der Waals surface area (Å²) < 4.78 is 4.99. The molecule has 96 valence electrons. The van der Waals surface area contributed by atoms with Crippen molar-refractivity contribution in [2.24, 2.45) is 5.92 Å². The first-order valence-electron chi connectivity index (χ1n) is 6.32. The van der Waals surface area contributed by atoms with Crippen LogP contribution in [0.2, 0.25) is 0 Å². The second-order valence-electron chi connectivity index (χ2n) is 4.79. The van der Waals surface area contributed by atoms with E-state index in [4.69, 9.17) is 4.74 Å². The molecule has 0 bridgehead atoms. The number of likely N-dealkylation sites (tertiary alicyclic amines) is 1. The zero-order valence-corrected chi connectivity index (χ0v) is 10.6. The Labute approximate surface area is 99.0 Å². The second kappa shape index (κ2) is 8.01. The Kier molecular flexibility index (Phi) is 6.96. The third kappa shape index (κ3) is 5.80. The molecule has 0 saturated carbocycles. The van der Waals surface area contributed by atoms with Crippen LogP contribution in [-0.4, -0.2) is 62.6 Å². The summed E-state index contributed by atoms with van der Waals surface area (Å²) in [7, 11) is 1.73.